The van der Waals surface area contributed by atoms with E-state index in [1.165, 1.54) is 12.1 Å². The minimum absolute atomic E-state index is 0.0459. The highest BCUT2D eigenvalue weighted by Crippen LogP contribution is 2.20. The van der Waals surface area contributed by atoms with Crippen LogP contribution in [0.5, 0.6) is 5.75 Å². The van der Waals surface area contributed by atoms with Gasteiger partial charge >= 0.3 is 6.61 Å². The summed E-state index contributed by atoms with van der Waals surface area (Å²) < 4.78 is 28.6. The minimum Gasteiger partial charge on any atom is -0.435 e. The van der Waals surface area contributed by atoms with Crippen LogP contribution in [0, 0.1) is 0 Å². The maximum Gasteiger partial charge on any atom is 0.387 e. The molecular weight excluding hydrogens is 276 g/mol. The molecule has 0 aliphatic rings. The molecule has 0 saturated heterocycles. The molecule has 0 aliphatic heterocycles. The van der Waals surface area contributed by atoms with Gasteiger partial charge in [-0.3, -0.25) is 0 Å². The lowest BCUT2D eigenvalue weighted by Crippen LogP contribution is -2.21. The van der Waals surface area contributed by atoms with Crippen LogP contribution in [0.4, 0.5) is 8.78 Å². The standard InChI is InChI=1S/C16H17F2NO2/c17-16(18)21-14-8-4-7-13(9-14)15(20)11-19-10-12-5-2-1-3-6-12/h1-9,15-16,19-20H,10-11H2/t15-/m1/s1. The van der Waals surface area contributed by atoms with Crippen molar-refractivity contribution in [1.29, 1.82) is 0 Å². The van der Waals surface area contributed by atoms with Gasteiger partial charge in [-0.2, -0.15) is 8.78 Å². The van der Waals surface area contributed by atoms with Crippen molar-refractivity contribution in [1.82, 2.24) is 5.32 Å². The van der Waals surface area contributed by atoms with Gasteiger partial charge in [0.15, 0.2) is 0 Å². The number of halogens is 2. The summed E-state index contributed by atoms with van der Waals surface area (Å²) in [5.74, 6) is 0.0459. The molecule has 0 spiro atoms. The lowest BCUT2D eigenvalue weighted by atomic mass is 10.1. The van der Waals surface area contributed by atoms with Gasteiger partial charge < -0.3 is 15.2 Å². The molecule has 0 saturated carbocycles. The van der Waals surface area contributed by atoms with Crippen molar-refractivity contribution in [3.8, 4) is 5.75 Å². The Labute approximate surface area is 122 Å². The first-order valence-corrected chi connectivity index (χ1v) is 6.62. The molecular formula is C16H17F2NO2. The molecule has 0 heterocycles. The van der Waals surface area contributed by atoms with Crippen molar-refractivity contribution in [2.24, 2.45) is 0 Å². The maximum atomic E-state index is 12.1. The Morgan fingerprint density at radius 3 is 2.52 bits per heavy atom. The summed E-state index contributed by atoms with van der Waals surface area (Å²) in [4.78, 5) is 0. The molecule has 2 N–H and O–H groups in total. The number of alkyl halides is 2. The highest BCUT2D eigenvalue weighted by atomic mass is 19.3. The van der Waals surface area contributed by atoms with Crippen LogP contribution < -0.4 is 10.1 Å². The normalized spacial score (nSPS) is 12.4. The SMILES string of the molecule is O[C@H](CNCc1ccccc1)c1cccc(OC(F)F)c1. The first-order valence-electron chi connectivity index (χ1n) is 6.62. The fourth-order valence-electron chi connectivity index (χ4n) is 1.96. The first-order chi connectivity index (χ1) is 10.1. The Morgan fingerprint density at radius 1 is 1.05 bits per heavy atom. The fraction of sp³-hybridized carbons (Fsp3) is 0.250. The Morgan fingerprint density at radius 2 is 1.81 bits per heavy atom. The van der Waals surface area contributed by atoms with E-state index in [-0.39, 0.29) is 5.75 Å². The molecule has 2 aromatic carbocycles. The van der Waals surface area contributed by atoms with Gasteiger partial charge in [-0.1, -0.05) is 42.5 Å². The largest absolute Gasteiger partial charge is 0.435 e. The van der Waals surface area contributed by atoms with Gasteiger partial charge in [0.1, 0.15) is 5.75 Å². The van der Waals surface area contributed by atoms with Gasteiger partial charge in [0.05, 0.1) is 6.10 Å². The molecule has 0 aliphatic carbocycles. The van der Waals surface area contributed by atoms with E-state index in [1.54, 1.807) is 12.1 Å². The second-order valence-electron chi connectivity index (χ2n) is 4.58. The molecule has 0 fully saturated rings. The lowest BCUT2D eigenvalue weighted by molar-refractivity contribution is -0.0499. The monoisotopic (exact) mass is 293 g/mol. The average molecular weight is 293 g/mol. The molecule has 2 aromatic rings. The Bertz CT molecular complexity index is 549. The van der Waals surface area contributed by atoms with Gasteiger partial charge in [0.25, 0.3) is 0 Å². The molecule has 21 heavy (non-hydrogen) atoms. The first kappa shape index (κ1) is 15.4. The highest BCUT2D eigenvalue weighted by molar-refractivity contribution is 5.30. The summed E-state index contributed by atoms with van der Waals surface area (Å²) in [6.07, 6.45) is -0.782. The fourth-order valence-corrected chi connectivity index (χ4v) is 1.96. The van der Waals surface area contributed by atoms with Crippen LogP contribution >= 0.6 is 0 Å². The van der Waals surface area contributed by atoms with Crippen LogP contribution in [0.2, 0.25) is 0 Å². The van der Waals surface area contributed by atoms with Gasteiger partial charge in [-0.25, -0.2) is 0 Å². The molecule has 1 atom stereocenters. The predicted molar refractivity (Wildman–Crippen MR) is 76.2 cm³/mol. The summed E-state index contributed by atoms with van der Waals surface area (Å²) in [6, 6.07) is 15.9. The van der Waals surface area contributed by atoms with E-state index in [0.29, 0.717) is 18.7 Å². The number of nitrogens with one attached hydrogen (secondary N) is 1. The van der Waals surface area contributed by atoms with Crippen LogP contribution in [0.25, 0.3) is 0 Å². The van der Waals surface area contributed by atoms with Crippen LogP contribution in [-0.4, -0.2) is 18.3 Å². The summed E-state index contributed by atoms with van der Waals surface area (Å²) in [7, 11) is 0. The van der Waals surface area contributed by atoms with Crippen LogP contribution in [0.15, 0.2) is 54.6 Å². The van der Waals surface area contributed by atoms with Crippen molar-refractivity contribution in [2.45, 2.75) is 19.3 Å². The number of hydrogen-bond acceptors (Lipinski definition) is 3. The quantitative estimate of drug-likeness (QED) is 0.824. The number of aliphatic hydroxyl groups excluding tert-OH is 1. The van der Waals surface area contributed by atoms with Gasteiger partial charge in [0.2, 0.25) is 0 Å². The molecule has 0 unspecified atom stereocenters. The number of hydrogen-bond donors (Lipinski definition) is 2. The summed E-state index contributed by atoms with van der Waals surface area (Å²) in [5.41, 5.74) is 1.65. The lowest BCUT2D eigenvalue weighted by Gasteiger charge is -2.13. The van der Waals surface area contributed by atoms with E-state index in [4.69, 9.17) is 0 Å². The molecule has 0 amide bonds. The molecule has 112 valence electrons. The van der Waals surface area contributed by atoms with Crippen molar-refractivity contribution in [3.05, 3.63) is 65.7 Å². The average Bonchev–Trinajstić information content (AvgIpc) is 2.48. The zero-order valence-corrected chi connectivity index (χ0v) is 11.4. The number of ether oxygens (including phenoxy) is 1. The summed E-state index contributed by atoms with van der Waals surface area (Å²) in [5, 5.41) is 13.2. The van der Waals surface area contributed by atoms with Crippen LogP contribution in [0.1, 0.15) is 17.2 Å². The third-order valence-electron chi connectivity index (χ3n) is 2.98. The van der Waals surface area contributed by atoms with Crippen LogP contribution in [0.3, 0.4) is 0 Å². The summed E-state index contributed by atoms with van der Waals surface area (Å²) >= 11 is 0. The Kier molecular flexibility index (Phi) is 5.66. The van der Waals surface area contributed by atoms with Crippen molar-refractivity contribution in [2.75, 3.05) is 6.54 Å². The van der Waals surface area contributed by atoms with Crippen molar-refractivity contribution >= 4 is 0 Å². The van der Waals surface area contributed by atoms with Gasteiger partial charge in [-0.15, -0.1) is 0 Å². The maximum absolute atomic E-state index is 12.1. The third kappa shape index (κ3) is 5.13. The van der Waals surface area contributed by atoms with Crippen molar-refractivity contribution < 1.29 is 18.6 Å². The molecule has 0 radical (unpaired) electrons. The smallest absolute Gasteiger partial charge is 0.387 e. The molecule has 3 nitrogen and oxygen atoms in total. The molecule has 0 bridgehead atoms. The second-order valence-corrected chi connectivity index (χ2v) is 4.58. The zero-order chi connectivity index (χ0) is 15.1. The number of benzene rings is 2. The minimum atomic E-state index is -2.87. The van der Waals surface area contributed by atoms with E-state index >= 15 is 0 Å². The number of aliphatic hydroxyl groups is 1. The molecule has 5 heteroatoms. The second kappa shape index (κ2) is 7.71. The van der Waals surface area contributed by atoms with E-state index in [9.17, 15) is 13.9 Å². The predicted octanol–water partition coefficient (Wildman–Crippen LogP) is 3.11. The molecule has 2 rings (SSSR count). The van der Waals surface area contributed by atoms with Crippen LogP contribution in [-0.2, 0) is 6.54 Å². The van der Waals surface area contributed by atoms with Gasteiger partial charge in [-0.05, 0) is 23.3 Å². The third-order valence-corrected chi connectivity index (χ3v) is 2.98. The van der Waals surface area contributed by atoms with E-state index in [0.717, 1.165) is 5.56 Å². The van der Waals surface area contributed by atoms with E-state index in [1.807, 2.05) is 30.3 Å². The van der Waals surface area contributed by atoms with E-state index < -0.39 is 12.7 Å². The Balaban J connectivity index is 1.86. The number of rotatable bonds is 7. The van der Waals surface area contributed by atoms with Gasteiger partial charge in [0, 0.05) is 13.1 Å². The highest BCUT2D eigenvalue weighted by Gasteiger charge is 2.10. The Hall–Kier alpha value is -1.98. The summed E-state index contributed by atoms with van der Waals surface area (Å²) in [6.45, 7) is -1.91. The molecule has 0 aromatic heterocycles. The topological polar surface area (TPSA) is 41.5 Å². The van der Waals surface area contributed by atoms with E-state index in [2.05, 4.69) is 10.1 Å². The zero-order valence-electron chi connectivity index (χ0n) is 11.4. The van der Waals surface area contributed by atoms with Crippen molar-refractivity contribution in [3.63, 3.8) is 0 Å².